The number of hydrogen-bond donors (Lipinski definition) is 1. The highest BCUT2D eigenvalue weighted by molar-refractivity contribution is 5.52. The van der Waals surface area contributed by atoms with Gasteiger partial charge in [0, 0.05) is 13.6 Å². The number of rotatable bonds is 4. The van der Waals surface area contributed by atoms with Crippen LogP contribution in [0, 0.1) is 13.8 Å². The first-order valence-electron chi connectivity index (χ1n) is 7.28. The van der Waals surface area contributed by atoms with Crippen molar-refractivity contribution in [2.75, 3.05) is 5.32 Å². The molecule has 0 fully saturated rings. The molecule has 2 rings (SSSR count). The van der Waals surface area contributed by atoms with Gasteiger partial charge < -0.3 is 10.1 Å². The predicted molar refractivity (Wildman–Crippen MR) is 86.8 cm³/mol. The van der Waals surface area contributed by atoms with Gasteiger partial charge in [-0.25, -0.2) is 0 Å². The Labute approximate surface area is 127 Å². The Morgan fingerprint density at radius 3 is 2.24 bits per heavy atom. The molecule has 1 N–H and O–H groups in total. The summed E-state index contributed by atoms with van der Waals surface area (Å²) < 4.78 is 7.73. The Morgan fingerprint density at radius 1 is 1.14 bits per heavy atom. The molecule has 4 heteroatoms. The monoisotopic (exact) mass is 287 g/mol. The lowest BCUT2D eigenvalue weighted by Gasteiger charge is -2.21. The molecule has 0 aliphatic carbocycles. The Morgan fingerprint density at radius 2 is 1.76 bits per heavy atom. The molecule has 0 radical (unpaired) electrons. The zero-order valence-electron chi connectivity index (χ0n) is 13.8. The minimum absolute atomic E-state index is 0.163. The van der Waals surface area contributed by atoms with Gasteiger partial charge in [0.2, 0.25) is 0 Å². The molecule has 114 valence electrons. The molecular weight excluding hydrogens is 262 g/mol. The van der Waals surface area contributed by atoms with Crippen LogP contribution in [0.1, 0.15) is 37.7 Å². The van der Waals surface area contributed by atoms with Crippen LogP contribution in [-0.2, 0) is 13.6 Å². The second-order valence-corrected chi connectivity index (χ2v) is 6.38. The third kappa shape index (κ3) is 4.00. The van der Waals surface area contributed by atoms with E-state index in [2.05, 4.69) is 50.2 Å². The number of ether oxygens (including phenoxy) is 1. The zero-order valence-corrected chi connectivity index (χ0v) is 13.8. The van der Waals surface area contributed by atoms with Crippen LogP contribution in [0.15, 0.2) is 24.3 Å². The number of aromatic nitrogens is 2. The third-order valence-electron chi connectivity index (χ3n) is 3.33. The van der Waals surface area contributed by atoms with Crippen LogP contribution >= 0.6 is 0 Å². The molecule has 0 atom stereocenters. The Bertz CT molecular complexity index is 606. The van der Waals surface area contributed by atoms with E-state index < -0.39 is 0 Å². The van der Waals surface area contributed by atoms with Crippen LogP contribution in [0.25, 0.3) is 0 Å². The van der Waals surface area contributed by atoms with Gasteiger partial charge in [0.15, 0.2) is 0 Å². The fourth-order valence-corrected chi connectivity index (χ4v) is 2.25. The molecule has 0 aliphatic rings. The van der Waals surface area contributed by atoms with Crippen molar-refractivity contribution in [2.24, 2.45) is 7.05 Å². The third-order valence-corrected chi connectivity index (χ3v) is 3.33. The van der Waals surface area contributed by atoms with Gasteiger partial charge in [-0.2, -0.15) is 5.10 Å². The molecule has 21 heavy (non-hydrogen) atoms. The SMILES string of the molecule is Cc1nn(C)c(C)c1NCc1ccc(OC(C)(C)C)cc1. The zero-order chi connectivity index (χ0) is 15.6. The predicted octanol–water partition coefficient (Wildman–Crippen LogP) is 3.83. The van der Waals surface area contributed by atoms with Gasteiger partial charge in [-0.1, -0.05) is 12.1 Å². The van der Waals surface area contributed by atoms with Gasteiger partial charge in [-0.15, -0.1) is 0 Å². The van der Waals surface area contributed by atoms with Crippen molar-refractivity contribution < 1.29 is 4.74 Å². The van der Waals surface area contributed by atoms with Crippen molar-refractivity contribution in [3.8, 4) is 5.75 Å². The molecule has 0 bridgehead atoms. The van der Waals surface area contributed by atoms with Crippen molar-refractivity contribution in [2.45, 2.75) is 46.8 Å². The van der Waals surface area contributed by atoms with Crippen molar-refractivity contribution in [1.82, 2.24) is 9.78 Å². The molecular formula is C17H25N3O. The summed E-state index contributed by atoms with van der Waals surface area (Å²) >= 11 is 0. The number of nitrogens with zero attached hydrogens (tertiary/aromatic N) is 2. The number of aryl methyl sites for hydroxylation is 2. The van der Waals surface area contributed by atoms with Gasteiger partial charge in [-0.3, -0.25) is 4.68 Å². The molecule has 1 aromatic heterocycles. The van der Waals surface area contributed by atoms with Crippen molar-refractivity contribution in [1.29, 1.82) is 0 Å². The van der Waals surface area contributed by atoms with Gasteiger partial charge in [-0.05, 0) is 52.3 Å². The topological polar surface area (TPSA) is 39.1 Å². The van der Waals surface area contributed by atoms with Crippen LogP contribution in [-0.4, -0.2) is 15.4 Å². The standard InChI is InChI=1S/C17H25N3O/c1-12-16(13(2)20(6)19-12)18-11-14-7-9-15(10-8-14)21-17(3,4)5/h7-10,18H,11H2,1-6H3. The van der Waals surface area contributed by atoms with Gasteiger partial charge >= 0.3 is 0 Å². The van der Waals surface area contributed by atoms with E-state index >= 15 is 0 Å². The summed E-state index contributed by atoms with van der Waals surface area (Å²) in [5.74, 6) is 0.903. The first-order valence-corrected chi connectivity index (χ1v) is 7.28. The average molecular weight is 287 g/mol. The van der Waals surface area contributed by atoms with E-state index in [1.165, 1.54) is 5.56 Å². The summed E-state index contributed by atoms with van der Waals surface area (Å²) in [5, 5.41) is 7.87. The fraction of sp³-hybridized carbons (Fsp3) is 0.471. The highest BCUT2D eigenvalue weighted by atomic mass is 16.5. The van der Waals surface area contributed by atoms with E-state index in [-0.39, 0.29) is 5.60 Å². The molecule has 0 saturated heterocycles. The highest BCUT2D eigenvalue weighted by Gasteiger charge is 2.12. The quantitative estimate of drug-likeness (QED) is 0.929. The lowest BCUT2D eigenvalue weighted by Crippen LogP contribution is -2.22. The van der Waals surface area contributed by atoms with E-state index in [0.717, 1.165) is 29.4 Å². The molecule has 4 nitrogen and oxygen atoms in total. The summed E-state index contributed by atoms with van der Waals surface area (Å²) in [5.41, 5.74) is 4.36. The van der Waals surface area contributed by atoms with Crippen LogP contribution in [0.5, 0.6) is 5.75 Å². The Balaban J connectivity index is 2.01. The molecule has 0 unspecified atom stereocenters. The lowest BCUT2D eigenvalue weighted by atomic mass is 10.1. The maximum absolute atomic E-state index is 5.83. The second-order valence-electron chi connectivity index (χ2n) is 6.38. The number of anilines is 1. The summed E-state index contributed by atoms with van der Waals surface area (Å²) in [6, 6.07) is 8.22. The van der Waals surface area contributed by atoms with Crippen LogP contribution < -0.4 is 10.1 Å². The van der Waals surface area contributed by atoms with Crippen LogP contribution in [0.3, 0.4) is 0 Å². The molecule has 0 saturated carbocycles. The first-order chi connectivity index (χ1) is 9.76. The Hall–Kier alpha value is -1.97. The second kappa shape index (κ2) is 5.80. The van der Waals surface area contributed by atoms with Crippen LogP contribution in [0.2, 0.25) is 0 Å². The normalized spacial score (nSPS) is 11.5. The van der Waals surface area contributed by atoms with Gasteiger partial charge in [0.25, 0.3) is 0 Å². The van der Waals surface area contributed by atoms with Crippen molar-refractivity contribution >= 4 is 5.69 Å². The molecule has 0 spiro atoms. The summed E-state index contributed by atoms with van der Waals surface area (Å²) in [6.07, 6.45) is 0. The maximum Gasteiger partial charge on any atom is 0.120 e. The van der Waals surface area contributed by atoms with E-state index in [0.29, 0.717) is 0 Å². The maximum atomic E-state index is 5.83. The summed E-state index contributed by atoms with van der Waals surface area (Å²) in [7, 11) is 1.96. The molecule has 2 aromatic rings. The number of hydrogen-bond acceptors (Lipinski definition) is 3. The lowest BCUT2D eigenvalue weighted by molar-refractivity contribution is 0.131. The van der Waals surface area contributed by atoms with Crippen LogP contribution in [0.4, 0.5) is 5.69 Å². The summed E-state index contributed by atoms with van der Waals surface area (Å²) in [6.45, 7) is 11.0. The Kier molecular flexibility index (Phi) is 4.26. The van der Waals surface area contributed by atoms with Crippen molar-refractivity contribution in [3.05, 3.63) is 41.2 Å². The minimum atomic E-state index is -0.163. The van der Waals surface area contributed by atoms with Crippen molar-refractivity contribution in [3.63, 3.8) is 0 Å². The van der Waals surface area contributed by atoms with E-state index in [9.17, 15) is 0 Å². The first kappa shape index (κ1) is 15.4. The van der Waals surface area contributed by atoms with E-state index in [4.69, 9.17) is 4.74 Å². The van der Waals surface area contributed by atoms with E-state index in [1.807, 2.05) is 30.8 Å². The average Bonchev–Trinajstić information content (AvgIpc) is 2.61. The number of nitrogens with one attached hydrogen (secondary N) is 1. The molecule has 0 aliphatic heterocycles. The van der Waals surface area contributed by atoms with Gasteiger partial charge in [0.05, 0.1) is 17.1 Å². The molecule has 0 amide bonds. The smallest absolute Gasteiger partial charge is 0.120 e. The number of benzene rings is 1. The molecule has 1 heterocycles. The van der Waals surface area contributed by atoms with Gasteiger partial charge in [0.1, 0.15) is 11.4 Å². The van der Waals surface area contributed by atoms with E-state index in [1.54, 1.807) is 0 Å². The molecule has 1 aromatic carbocycles. The summed E-state index contributed by atoms with van der Waals surface area (Å²) in [4.78, 5) is 0. The fourth-order valence-electron chi connectivity index (χ4n) is 2.25. The highest BCUT2D eigenvalue weighted by Crippen LogP contribution is 2.21. The largest absolute Gasteiger partial charge is 0.488 e. The minimum Gasteiger partial charge on any atom is -0.488 e.